The quantitative estimate of drug-likeness (QED) is 0.579. The van der Waals surface area contributed by atoms with Crippen LogP contribution in [0.2, 0.25) is 0 Å². The standard InChI is InChI=1S/C17H18N4O6S2/c1-11(15-19-20-16(27-15)14-3-2-8-28-14)26-17(22)13-9-12(10-18-13)29(23,24)21-4-6-25-7-5-21/h2-3,8-11,18H,4-7H2,1H3. The second kappa shape index (κ2) is 8.06. The lowest BCUT2D eigenvalue weighted by Gasteiger charge is -2.25. The van der Waals surface area contributed by atoms with Gasteiger partial charge in [0, 0.05) is 19.3 Å². The molecule has 1 atom stereocenters. The van der Waals surface area contributed by atoms with E-state index in [-0.39, 0.29) is 29.6 Å². The Hall–Kier alpha value is -2.54. The zero-order chi connectivity index (χ0) is 20.4. The predicted octanol–water partition coefficient (Wildman–Crippen LogP) is 2.07. The Labute approximate surface area is 170 Å². The number of nitrogens with one attached hydrogen (secondary N) is 1. The van der Waals surface area contributed by atoms with Gasteiger partial charge in [0.2, 0.25) is 10.0 Å². The van der Waals surface area contributed by atoms with Crippen LogP contribution in [-0.4, -0.2) is 60.2 Å². The van der Waals surface area contributed by atoms with Crippen LogP contribution >= 0.6 is 11.3 Å². The molecule has 4 heterocycles. The van der Waals surface area contributed by atoms with Gasteiger partial charge in [-0.05, 0) is 24.4 Å². The van der Waals surface area contributed by atoms with Crippen LogP contribution in [0.4, 0.5) is 0 Å². The summed E-state index contributed by atoms with van der Waals surface area (Å²) in [6, 6.07) is 4.96. The van der Waals surface area contributed by atoms with Gasteiger partial charge in [-0.15, -0.1) is 21.5 Å². The van der Waals surface area contributed by atoms with E-state index in [0.717, 1.165) is 4.88 Å². The Kier molecular flexibility index (Phi) is 5.50. The molecule has 1 N–H and O–H groups in total. The summed E-state index contributed by atoms with van der Waals surface area (Å²) in [5.41, 5.74) is 0.0154. The van der Waals surface area contributed by atoms with E-state index in [2.05, 4.69) is 15.2 Å². The molecule has 0 radical (unpaired) electrons. The van der Waals surface area contributed by atoms with Crippen molar-refractivity contribution in [1.82, 2.24) is 19.5 Å². The summed E-state index contributed by atoms with van der Waals surface area (Å²) < 4.78 is 42.7. The highest BCUT2D eigenvalue weighted by Gasteiger charge is 2.29. The molecule has 0 aliphatic carbocycles. The molecule has 0 spiro atoms. The van der Waals surface area contributed by atoms with Gasteiger partial charge in [-0.1, -0.05) is 6.07 Å². The van der Waals surface area contributed by atoms with Crippen molar-refractivity contribution >= 4 is 27.3 Å². The number of hydrogen-bond acceptors (Lipinski definition) is 9. The van der Waals surface area contributed by atoms with Crippen molar-refractivity contribution in [2.24, 2.45) is 0 Å². The van der Waals surface area contributed by atoms with Crippen molar-refractivity contribution in [3.05, 3.63) is 41.4 Å². The molecule has 0 saturated carbocycles. The largest absolute Gasteiger partial charge is 0.448 e. The number of nitrogens with zero attached hydrogens (tertiary/aromatic N) is 3. The van der Waals surface area contributed by atoms with Gasteiger partial charge in [0.05, 0.1) is 18.1 Å². The summed E-state index contributed by atoms with van der Waals surface area (Å²) >= 11 is 1.45. The molecule has 1 aliphatic heterocycles. The molecule has 0 bridgehead atoms. The van der Waals surface area contributed by atoms with E-state index in [4.69, 9.17) is 13.9 Å². The molecular weight excluding hydrogens is 420 g/mol. The zero-order valence-corrected chi connectivity index (χ0v) is 17.0. The number of carbonyl (C=O) groups is 1. The molecule has 12 heteroatoms. The number of hydrogen-bond donors (Lipinski definition) is 1. The zero-order valence-electron chi connectivity index (χ0n) is 15.4. The number of carbonyl (C=O) groups excluding carboxylic acids is 1. The first kappa shape index (κ1) is 19.8. The lowest BCUT2D eigenvalue weighted by Crippen LogP contribution is -2.40. The summed E-state index contributed by atoms with van der Waals surface area (Å²) in [5.74, 6) is -0.233. The van der Waals surface area contributed by atoms with Gasteiger partial charge < -0.3 is 18.9 Å². The molecular formula is C17H18N4O6S2. The molecule has 1 fully saturated rings. The number of sulfonamides is 1. The van der Waals surface area contributed by atoms with Gasteiger partial charge in [-0.2, -0.15) is 4.31 Å². The molecule has 3 aromatic rings. The van der Waals surface area contributed by atoms with Gasteiger partial charge in [0.25, 0.3) is 11.8 Å². The average Bonchev–Trinajstić information content (AvgIpc) is 3.49. The second-order valence-corrected chi connectivity index (χ2v) is 9.12. The topological polar surface area (TPSA) is 128 Å². The minimum Gasteiger partial charge on any atom is -0.448 e. The van der Waals surface area contributed by atoms with E-state index >= 15 is 0 Å². The summed E-state index contributed by atoms with van der Waals surface area (Å²) in [4.78, 5) is 15.9. The van der Waals surface area contributed by atoms with Gasteiger partial charge >= 0.3 is 5.97 Å². The second-order valence-electron chi connectivity index (χ2n) is 6.24. The molecule has 4 rings (SSSR count). The summed E-state index contributed by atoms with van der Waals surface area (Å²) in [7, 11) is -3.70. The third kappa shape index (κ3) is 4.10. The predicted molar refractivity (Wildman–Crippen MR) is 102 cm³/mol. The maximum Gasteiger partial charge on any atom is 0.355 e. The Morgan fingerprint density at radius 1 is 1.34 bits per heavy atom. The SMILES string of the molecule is CC(OC(=O)c1cc(S(=O)(=O)N2CCOCC2)c[nH]1)c1nnc(-c2cccs2)o1. The van der Waals surface area contributed by atoms with Crippen LogP contribution < -0.4 is 0 Å². The Morgan fingerprint density at radius 3 is 2.86 bits per heavy atom. The van der Waals surface area contributed by atoms with Crippen LogP contribution in [0, 0.1) is 0 Å². The molecule has 1 saturated heterocycles. The number of aromatic amines is 1. The van der Waals surface area contributed by atoms with Crippen molar-refractivity contribution < 1.29 is 27.1 Å². The highest BCUT2D eigenvalue weighted by atomic mass is 32.2. The minimum absolute atomic E-state index is 0.00299. The maximum absolute atomic E-state index is 12.6. The molecule has 29 heavy (non-hydrogen) atoms. The first-order chi connectivity index (χ1) is 13.9. The van der Waals surface area contributed by atoms with Crippen LogP contribution in [0.25, 0.3) is 10.8 Å². The number of esters is 1. The molecule has 0 amide bonds. The van der Waals surface area contributed by atoms with Crippen molar-refractivity contribution in [2.45, 2.75) is 17.9 Å². The molecule has 10 nitrogen and oxygen atoms in total. The van der Waals surface area contributed by atoms with Crippen molar-refractivity contribution in [1.29, 1.82) is 0 Å². The third-order valence-corrected chi connectivity index (χ3v) is 7.02. The minimum atomic E-state index is -3.70. The summed E-state index contributed by atoms with van der Waals surface area (Å²) in [5, 5.41) is 9.75. The lowest BCUT2D eigenvalue weighted by atomic mass is 10.4. The molecule has 3 aromatic heterocycles. The average molecular weight is 438 g/mol. The maximum atomic E-state index is 12.6. The van der Waals surface area contributed by atoms with E-state index in [1.54, 1.807) is 6.92 Å². The third-order valence-electron chi connectivity index (χ3n) is 4.29. The fraction of sp³-hybridized carbons (Fsp3) is 0.353. The molecule has 154 valence electrons. The highest BCUT2D eigenvalue weighted by Crippen LogP contribution is 2.26. The van der Waals surface area contributed by atoms with Crippen LogP contribution in [0.3, 0.4) is 0 Å². The Balaban J connectivity index is 1.44. The first-order valence-corrected chi connectivity index (χ1v) is 11.1. The number of ether oxygens (including phenoxy) is 2. The van der Waals surface area contributed by atoms with E-state index in [0.29, 0.717) is 19.1 Å². The first-order valence-electron chi connectivity index (χ1n) is 8.80. The van der Waals surface area contributed by atoms with Gasteiger partial charge in [0.15, 0.2) is 6.10 Å². The van der Waals surface area contributed by atoms with Crippen LogP contribution in [0.1, 0.15) is 29.4 Å². The number of thiophene rings is 1. The van der Waals surface area contributed by atoms with Crippen molar-refractivity contribution in [3.63, 3.8) is 0 Å². The number of morpholine rings is 1. The Morgan fingerprint density at radius 2 is 2.14 bits per heavy atom. The van der Waals surface area contributed by atoms with E-state index in [1.165, 1.54) is 27.9 Å². The van der Waals surface area contributed by atoms with Crippen LogP contribution in [0.5, 0.6) is 0 Å². The molecule has 1 unspecified atom stereocenters. The number of H-pyrrole nitrogens is 1. The van der Waals surface area contributed by atoms with E-state index in [9.17, 15) is 13.2 Å². The fourth-order valence-electron chi connectivity index (χ4n) is 2.75. The lowest BCUT2D eigenvalue weighted by molar-refractivity contribution is 0.0273. The fourth-order valence-corrected chi connectivity index (χ4v) is 4.80. The van der Waals surface area contributed by atoms with Crippen LogP contribution in [0.15, 0.2) is 39.1 Å². The van der Waals surface area contributed by atoms with Gasteiger partial charge in [0.1, 0.15) is 10.6 Å². The monoisotopic (exact) mass is 438 g/mol. The highest BCUT2D eigenvalue weighted by molar-refractivity contribution is 7.89. The normalized spacial score (nSPS) is 16.6. The smallest absolute Gasteiger partial charge is 0.355 e. The van der Waals surface area contributed by atoms with E-state index in [1.807, 2.05) is 17.5 Å². The van der Waals surface area contributed by atoms with Gasteiger partial charge in [-0.25, -0.2) is 13.2 Å². The van der Waals surface area contributed by atoms with Crippen molar-refractivity contribution in [2.75, 3.05) is 26.3 Å². The van der Waals surface area contributed by atoms with Crippen LogP contribution in [-0.2, 0) is 19.5 Å². The van der Waals surface area contributed by atoms with Crippen molar-refractivity contribution in [3.8, 4) is 10.8 Å². The number of rotatable bonds is 6. The summed E-state index contributed by atoms with van der Waals surface area (Å²) in [6.45, 7) is 2.82. The summed E-state index contributed by atoms with van der Waals surface area (Å²) in [6.07, 6.45) is 0.472. The molecule has 0 aromatic carbocycles. The Bertz CT molecular complexity index is 1080. The van der Waals surface area contributed by atoms with E-state index < -0.39 is 22.1 Å². The van der Waals surface area contributed by atoms with Gasteiger partial charge in [-0.3, -0.25) is 0 Å². The molecule has 1 aliphatic rings. The number of aromatic nitrogens is 3.